The van der Waals surface area contributed by atoms with E-state index < -0.39 is 0 Å². The van der Waals surface area contributed by atoms with Crippen LogP contribution in [0.4, 0.5) is 5.69 Å². The predicted molar refractivity (Wildman–Crippen MR) is 50.4 cm³/mol. The Bertz CT molecular complexity index is 265. The van der Waals surface area contributed by atoms with Crippen molar-refractivity contribution in [3.63, 3.8) is 0 Å². The zero-order valence-electron chi connectivity index (χ0n) is 6.80. The van der Waals surface area contributed by atoms with Gasteiger partial charge in [0.15, 0.2) is 0 Å². The second-order valence-corrected chi connectivity index (χ2v) is 2.63. The van der Waals surface area contributed by atoms with Crippen LogP contribution in [0.3, 0.4) is 0 Å². The molecule has 1 aromatic carbocycles. The molecule has 1 aromatic rings. The fraction of sp³-hybridized carbons (Fsp3) is 0.250. The molecule has 12 heavy (non-hydrogen) atoms. The number of ether oxygens (including phenoxy) is 1. The molecule has 3 N–H and O–H groups in total. The Labute approximate surface area is 76.4 Å². The average Bonchev–Trinajstić information content (AvgIpc) is 2.09. The van der Waals surface area contributed by atoms with Gasteiger partial charge in [0, 0.05) is 0 Å². The van der Waals surface area contributed by atoms with Gasteiger partial charge in [0.25, 0.3) is 0 Å². The predicted octanol–water partition coefficient (Wildman–Crippen LogP) is 2.02. The third-order valence-corrected chi connectivity index (χ3v) is 1.69. The third-order valence-electron chi connectivity index (χ3n) is 1.40. The maximum atomic E-state index is 5.87. The lowest BCUT2D eigenvalue weighted by atomic mass is 10.3. The van der Waals surface area contributed by atoms with Gasteiger partial charge in [0.2, 0.25) is 0 Å². The van der Waals surface area contributed by atoms with E-state index in [4.69, 9.17) is 22.2 Å². The van der Waals surface area contributed by atoms with Gasteiger partial charge >= 0.3 is 0 Å². The maximum Gasteiger partial charge on any atom is 0.138 e. The van der Waals surface area contributed by atoms with Crippen molar-refractivity contribution in [1.29, 1.82) is 0 Å². The van der Waals surface area contributed by atoms with E-state index in [0.29, 0.717) is 17.4 Å². The van der Waals surface area contributed by atoms with Gasteiger partial charge in [-0.2, -0.15) is 0 Å². The summed E-state index contributed by atoms with van der Waals surface area (Å²) in [5.74, 6) is 5.87. The van der Waals surface area contributed by atoms with Crippen molar-refractivity contribution < 1.29 is 4.74 Å². The first-order valence-electron chi connectivity index (χ1n) is 3.67. The topological polar surface area (TPSA) is 47.3 Å². The molecule has 4 heteroatoms. The Morgan fingerprint density at radius 2 is 2.33 bits per heavy atom. The molecule has 0 radical (unpaired) electrons. The highest BCUT2D eigenvalue weighted by atomic mass is 35.5. The quantitative estimate of drug-likeness (QED) is 0.561. The van der Waals surface area contributed by atoms with E-state index in [1.54, 1.807) is 18.2 Å². The number of benzene rings is 1. The molecule has 66 valence electrons. The molecular weight excluding hydrogens is 176 g/mol. The van der Waals surface area contributed by atoms with E-state index in [-0.39, 0.29) is 0 Å². The second kappa shape index (κ2) is 4.18. The summed E-state index contributed by atoms with van der Waals surface area (Å²) in [5, 5.41) is 0.562. The van der Waals surface area contributed by atoms with Crippen molar-refractivity contribution in [3.8, 4) is 5.75 Å². The Hall–Kier alpha value is -0.930. The summed E-state index contributed by atoms with van der Waals surface area (Å²) in [6, 6.07) is 5.30. The van der Waals surface area contributed by atoms with Crippen molar-refractivity contribution in [2.75, 3.05) is 12.0 Å². The molecule has 0 heterocycles. The highest BCUT2D eigenvalue weighted by Crippen LogP contribution is 2.26. The summed E-state index contributed by atoms with van der Waals surface area (Å²) < 4.78 is 5.24. The number of rotatable bonds is 3. The van der Waals surface area contributed by atoms with Crippen LogP contribution in [0.25, 0.3) is 0 Å². The van der Waals surface area contributed by atoms with Crippen LogP contribution in [0, 0.1) is 0 Å². The van der Waals surface area contributed by atoms with Crippen LogP contribution < -0.4 is 16.0 Å². The van der Waals surface area contributed by atoms with Crippen LogP contribution in [0.2, 0.25) is 5.02 Å². The van der Waals surface area contributed by atoms with Crippen molar-refractivity contribution in [3.05, 3.63) is 23.2 Å². The molecule has 0 aliphatic carbocycles. The molecule has 0 atom stereocenters. The first kappa shape index (κ1) is 9.16. The van der Waals surface area contributed by atoms with Crippen molar-refractivity contribution in [2.24, 2.45) is 5.84 Å². The number of hydrogen-bond acceptors (Lipinski definition) is 3. The second-order valence-electron chi connectivity index (χ2n) is 2.22. The van der Waals surface area contributed by atoms with Crippen LogP contribution in [-0.2, 0) is 0 Å². The van der Waals surface area contributed by atoms with Crippen molar-refractivity contribution in [2.45, 2.75) is 6.92 Å². The van der Waals surface area contributed by atoms with Crippen molar-refractivity contribution in [1.82, 2.24) is 0 Å². The Balaban J connectivity index is 2.87. The van der Waals surface area contributed by atoms with E-state index in [1.807, 2.05) is 6.92 Å². The molecule has 0 spiro atoms. The summed E-state index contributed by atoms with van der Waals surface area (Å²) >= 11 is 5.87. The Morgan fingerprint density at radius 3 is 2.83 bits per heavy atom. The molecule has 0 bridgehead atoms. The van der Waals surface area contributed by atoms with Gasteiger partial charge < -0.3 is 10.2 Å². The summed E-state index contributed by atoms with van der Waals surface area (Å²) in [6.07, 6.45) is 0. The Morgan fingerprint density at radius 1 is 1.58 bits per heavy atom. The maximum absolute atomic E-state index is 5.87. The molecule has 0 aliphatic heterocycles. The molecule has 0 aliphatic rings. The van der Waals surface area contributed by atoms with Gasteiger partial charge in [-0.15, -0.1) is 0 Å². The van der Waals surface area contributed by atoms with E-state index >= 15 is 0 Å². The van der Waals surface area contributed by atoms with Crippen LogP contribution in [-0.4, -0.2) is 6.61 Å². The van der Waals surface area contributed by atoms with Gasteiger partial charge in [-0.3, -0.25) is 5.84 Å². The minimum atomic E-state index is 0.562. The lowest BCUT2D eigenvalue weighted by Gasteiger charge is -2.06. The van der Waals surface area contributed by atoms with Gasteiger partial charge in [-0.05, 0) is 25.1 Å². The Kier molecular flexibility index (Phi) is 3.19. The van der Waals surface area contributed by atoms with Crippen LogP contribution in [0.15, 0.2) is 18.2 Å². The lowest BCUT2D eigenvalue weighted by Crippen LogP contribution is -2.06. The average molecular weight is 187 g/mol. The van der Waals surface area contributed by atoms with Crippen LogP contribution in [0.5, 0.6) is 5.75 Å². The molecule has 3 nitrogen and oxygen atoms in total. The number of halogens is 1. The summed E-state index contributed by atoms with van der Waals surface area (Å²) in [4.78, 5) is 0. The zero-order valence-corrected chi connectivity index (χ0v) is 7.56. The molecule has 0 fully saturated rings. The van der Waals surface area contributed by atoms with Crippen molar-refractivity contribution >= 4 is 17.3 Å². The molecule has 0 unspecified atom stereocenters. The zero-order chi connectivity index (χ0) is 8.97. The fourth-order valence-corrected chi connectivity index (χ4v) is 1.10. The minimum Gasteiger partial charge on any atom is -0.492 e. The highest BCUT2D eigenvalue weighted by molar-refractivity contribution is 6.32. The van der Waals surface area contributed by atoms with Gasteiger partial charge in [-0.1, -0.05) is 11.6 Å². The molecule has 0 amide bonds. The number of hydrazine groups is 1. The molecule has 0 saturated carbocycles. The summed E-state index contributed by atoms with van der Waals surface area (Å²) in [7, 11) is 0. The van der Waals surface area contributed by atoms with Crippen LogP contribution >= 0.6 is 11.6 Å². The first-order valence-corrected chi connectivity index (χ1v) is 4.04. The number of anilines is 1. The van der Waals surface area contributed by atoms with E-state index in [2.05, 4.69) is 5.43 Å². The largest absolute Gasteiger partial charge is 0.492 e. The van der Waals surface area contributed by atoms with E-state index in [1.165, 1.54) is 0 Å². The number of nitrogens with two attached hydrogens (primary N) is 1. The fourth-order valence-electron chi connectivity index (χ4n) is 0.863. The summed E-state index contributed by atoms with van der Waals surface area (Å²) in [5.41, 5.74) is 3.26. The van der Waals surface area contributed by atoms with Gasteiger partial charge in [0.1, 0.15) is 5.75 Å². The van der Waals surface area contributed by atoms with Gasteiger partial charge in [-0.25, -0.2) is 0 Å². The highest BCUT2D eigenvalue weighted by Gasteiger charge is 2.00. The minimum absolute atomic E-state index is 0.562. The number of nitrogens with one attached hydrogen (secondary N) is 1. The number of hydrogen-bond donors (Lipinski definition) is 2. The SMILES string of the molecule is CCOc1ccc(NN)cc1Cl. The molecular formula is C8H11ClN2O. The molecule has 0 aromatic heterocycles. The normalized spacial score (nSPS) is 9.58. The third kappa shape index (κ3) is 2.03. The van der Waals surface area contributed by atoms with Gasteiger partial charge in [0.05, 0.1) is 17.3 Å². The summed E-state index contributed by atoms with van der Waals surface area (Å²) in [6.45, 7) is 2.51. The van der Waals surface area contributed by atoms with E-state index in [0.717, 1.165) is 5.69 Å². The standard InChI is InChI=1S/C8H11ClN2O/c1-2-12-8-4-3-6(11-10)5-7(8)9/h3-5,11H,2,10H2,1H3. The number of nitrogen functional groups attached to an aromatic ring is 1. The lowest BCUT2D eigenvalue weighted by molar-refractivity contribution is 0.340. The van der Waals surface area contributed by atoms with Crippen LogP contribution in [0.1, 0.15) is 6.92 Å². The molecule has 1 rings (SSSR count). The smallest absolute Gasteiger partial charge is 0.138 e. The first-order chi connectivity index (χ1) is 5.77. The molecule has 0 saturated heterocycles. The monoisotopic (exact) mass is 186 g/mol. The van der Waals surface area contributed by atoms with E-state index in [9.17, 15) is 0 Å².